The Hall–Kier alpha value is -3.81. The van der Waals surface area contributed by atoms with Crippen LogP contribution in [0, 0.1) is 0 Å². The molecular formula is C26H22N4O2S. The maximum atomic E-state index is 13.0. The number of benzene rings is 4. The first kappa shape index (κ1) is 21.1. The lowest BCUT2D eigenvalue weighted by Crippen LogP contribution is -2.24. The van der Waals surface area contributed by atoms with Crippen LogP contribution in [-0.4, -0.2) is 30.0 Å². The van der Waals surface area contributed by atoms with Crippen LogP contribution in [0.4, 0.5) is 0 Å². The van der Waals surface area contributed by atoms with Gasteiger partial charge in [0.1, 0.15) is 11.0 Å². The molecule has 4 aromatic carbocycles. The third kappa shape index (κ3) is 4.16. The van der Waals surface area contributed by atoms with E-state index in [2.05, 4.69) is 14.9 Å². The molecular weight excluding hydrogens is 432 g/mol. The maximum Gasteiger partial charge on any atom is 0.241 e. The maximum absolute atomic E-state index is 13.0. The second-order valence-corrected chi connectivity index (χ2v) is 9.35. The molecule has 0 saturated carbocycles. The zero-order valence-electron chi connectivity index (χ0n) is 18.0. The van der Waals surface area contributed by atoms with Crippen molar-refractivity contribution in [3.8, 4) is 5.69 Å². The van der Waals surface area contributed by atoms with Gasteiger partial charge in [0.25, 0.3) is 0 Å². The fourth-order valence-corrected chi connectivity index (χ4v) is 5.06. The highest BCUT2D eigenvalue weighted by molar-refractivity contribution is 7.89. The number of hydrogen-bond acceptors (Lipinski definition) is 4. The minimum atomic E-state index is -3.71. The molecule has 164 valence electrons. The third-order valence-corrected chi connectivity index (χ3v) is 6.98. The van der Waals surface area contributed by atoms with Crippen molar-refractivity contribution < 1.29 is 8.42 Å². The molecule has 0 unspecified atom stereocenters. The second-order valence-electron chi connectivity index (χ2n) is 7.61. The van der Waals surface area contributed by atoms with E-state index in [0.717, 1.165) is 27.4 Å². The van der Waals surface area contributed by atoms with Crippen molar-refractivity contribution in [3.05, 3.63) is 96.1 Å². The first-order valence-electron chi connectivity index (χ1n) is 10.7. The van der Waals surface area contributed by atoms with Crippen molar-refractivity contribution in [1.29, 1.82) is 0 Å². The van der Waals surface area contributed by atoms with Crippen LogP contribution in [0.5, 0.6) is 0 Å². The van der Waals surface area contributed by atoms with Gasteiger partial charge in [-0.2, -0.15) is 4.80 Å². The fourth-order valence-electron chi connectivity index (χ4n) is 3.80. The Balaban J connectivity index is 1.63. The topological polar surface area (TPSA) is 76.9 Å². The molecule has 1 aromatic heterocycles. The molecule has 0 atom stereocenters. The van der Waals surface area contributed by atoms with Crippen molar-refractivity contribution in [2.45, 2.75) is 11.8 Å². The molecule has 5 rings (SSSR count). The van der Waals surface area contributed by atoms with Crippen LogP contribution in [0.15, 0.2) is 89.8 Å². The number of aromatic nitrogens is 3. The van der Waals surface area contributed by atoms with Crippen LogP contribution < -0.4 is 4.72 Å². The van der Waals surface area contributed by atoms with Gasteiger partial charge in [0.05, 0.1) is 10.6 Å². The zero-order chi connectivity index (χ0) is 22.8. The molecule has 1 heterocycles. The molecule has 7 heteroatoms. The number of nitrogens with zero attached hydrogens (tertiary/aromatic N) is 3. The molecule has 1 N–H and O–H groups in total. The Morgan fingerprint density at radius 3 is 2.48 bits per heavy atom. The van der Waals surface area contributed by atoms with Crippen LogP contribution in [0.25, 0.3) is 39.6 Å². The quantitative estimate of drug-likeness (QED) is 0.365. The highest BCUT2D eigenvalue weighted by atomic mass is 32.2. The Bertz CT molecular complexity index is 1590. The predicted octanol–water partition coefficient (Wildman–Crippen LogP) is 5.04. The van der Waals surface area contributed by atoms with E-state index in [-0.39, 0.29) is 4.90 Å². The van der Waals surface area contributed by atoms with Gasteiger partial charge in [-0.1, -0.05) is 85.8 Å². The SMILES string of the molecule is CCNS(=O)(=O)c1cc(-n2nc3ccc4ccccc4c3n2)ccc1/C=C/c1ccccc1. The average molecular weight is 455 g/mol. The summed E-state index contributed by atoms with van der Waals surface area (Å²) in [5.74, 6) is 0. The molecule has 0 bridgehead atoms. The number of nitrogens with one attached hydrogen (secondary N) is 1. The van der Waals surface area contributed by atoms with Crippen LogP contribution in [0.2, 0.25) is 0 Å². The van der Waals surface area contributed by atoms with Gasteiger partial charge >= 0.3 is 0 Å². The summed E-state index contributed by atoms with van der Waals surface area (Å²) in [6.45, 7) is 2.05. The molecule has 0 radical (unpaired) electrons. The molecule has 5 aromatic rings. The van der Waals surface area contributed by atoms with Gasteiger partial charge < -0.3 is 0 Å². The monoisotopic (exact) mass is 454 g/mol. The summed E-state index contributed by atoms with van der Waals surface area (Å²) < 4.78 is 28.6. The highest BCUT2D eigenvalue weighted by Crippen LogP contribution is 2.25. The van der Waals surface area contributed by atoms with Gasteiger partial charge in [-0.05, 0) is 34.7 Å². The minimum absolute atomic E-state index is 0.181. The summed E-state index contributed by atoms with van der Waals surface area (Å²) in [5, 5.41) is 11.4. The lowest BCUT2D eigenvalue weighted by Gasteiger charge is -2.10. The van der Waals surface area contributed by atoms with Gasteiger partial charge in [-0.15, -0.1) is 10.2 Å². The smallest absolute Gasteiger partial charge is 0.211 e. The first-order valence-corrected chi connectivity index (χ1v) is 12.2. The number of fused-ring (bicyclic) bond motifs is 3. The zero-order valence-corrected chi connectivity index (χ0v) is 18.8. The van der Waals surface area contributed by atoms with E-state index in [4.69, 9.17) is 0 Å². The van der Waals surface area contributed by atoms with Crippen LogP contribution in [0.1, 0.15) is 18.1 Å². The highest BCUT2D eigenvalue weighted by Gasteiger charge is 2.19. The summed E-state index contributed by atoms with van der Waals surface area (Å²) in [6, 6.07) is 26.9. The van der Waals surface area contributed by atoms with Gasteiger partial charge in [0.15, 0.2) is 0 Å². The third-order valence-electron chi connectivity index (χ3n) is 5.38. The summed E-state index contributed by atoms with van der Waals surface area (Å²) in [7, 11) is -3.71. The molecule has 0 aliphatic carbocycles. The van der Waals surface area contributed by atoms with Gasteiger partial charge in [0.2, 0.25) is 10.0 Å². The number of rotatable bonds is 6. The minimum Gasteiger partial charge on any atom is -0.211 e. The van der Waals surface area contributed by atoms with E-state index in [1.54, 1.807) is 19.1 Å². The van der Waals surface area contributed by atoms with Crippen LogP contribution in [0.3, 0.4) is 0 Å². The lowest BCUT2D eigenvalue weighted by atomic mass is 10.1. The predicted molar refractivity (Wildman–Crippen MR) is 133 cm³/mol. The standard InChI is InChI=1S/C26H22N4O2S/c1-2-27-33(31,32)25-18-22(16-14-21(25)13-12-19-8-4-3-5-9-19)30-28-24-17-15-20-10-6-7-11-23(20)26(24)29-30/h3-18,27H,2H2,1H3/b13-12+. The van der Waals surface area contributed by atoms with Gasteiger partial charge in [-0.3, -0.25) is 0 Å². The van der Waals surface area contributed by atoms with Crippen molar-refractivity contribution >= 4 is 44.0 Å². The molecule has 0 saturated heterocycles. The van der Waals surface area contributed by atoms with E-state index in [9.17, 15) is 8.42 Å². The summed E-state index contributed by atoms with van der Waals surface area (Å²) in [4.78, 5) is 1.67. The Morgan fingerprint density at radius 1 is 0.879 bits per heavy atom. The van der Waals surface area contributed by atoms with Crippen molar-refractivity contribution in [2.24, 2.45) is 0 Å². The van der Waals surface area contributed by atoms with Gasteiger partial charge in [0, 0.05) is 11.9 Å². The molecule has 0 spiro atoms. The van der Waals surface area contributed by atoms with E-state index in [1.165, 1.54) is 4.80 Å². The van der Waals surface area contributed by atoms with E-state index in [0.29, 0.717) is 17.8 Å². The normalized spacial score (nSPS) is 12.2. The van der Waals surface area contributed by atoms with E-state index in [1.807, 2.05) is 84.9 Å². The van der Waals surface area contributed by atoms with Crippen LogP contribution in [-0.2, 0) is 10.0 Å². The first-order chi connectivity index (χ1) is 16.0. The molecule has 0 amide bonds. The average Bonchev–Trinajstić information content (AvgIpc) is 3.28. The summed E-state index contributed by atoms with van der Waals surface area (Å²) >= 11 is 0. The fraction of sp³-hybridized carbons (Fsp3) is 0.0769. The van der Waals surface area contributed by atoms with E-state index < -0.39 is 10.0 Å². The van der Waals surface area contributed by atoms with E-state index >= 15 is 0 Å². The number of hydrogen-bond donors (Lipinski definition) is 1. The lowest BCUT2D eigenvalue weighted by molar-refractivity contribution is 0.583. The Kier molecular flexibility index (Phi) is 5.50. The van der Waals surface area contributed by atoms with Crippen molar-refractivity contribution in [3.63, 3.8) is 0 Å². The largest absolute Gasteiger partial charge is 0.241 e. The molecule has 0 aliphatic rings. The molecule has 0 fully saturated rings. The number of sulfonamides is 1. The molecule has 6 nitrogen and oxygen atoms in total. The molecule has 33 heavy (non-hydrogen) atoms. The van der Waals surface area contributed by atoms with Crippen molar-refractivity contribution in [1.82, 2.24) is 19.7 Å². The Morgan fingerprint density at radius 2 is 1.67 bits per heavy atom. The van der Waals surface area contributed by atoms with Gasteiger partial charge in [-0.25, -0.2) is 13.1 Å². The molecule has 0 aliphatic heterocycles. The van der Waals surface area contributed by atoms with Crippen molar-refractivity contribution in [2.75, 3.05) is 6.54 Å². The second kappa shape index (κ2) is 8.61. The van der Waals surface area contributed by atoms with Crippen LogP contribution >= 0.6 is 0 Å². The Labute approximate surface area is 192 Å². The summed E-state index contributed by atoms with van der Waals surface area (Å²) in [6.07, 6.45) is 3.70. The summed E-state index contributed by atoms with van der Waals surface area (Å²) in [5.41, 5.74) is 3.67.